The Morgan fingerprint density at radius 2 is 1.95 bits per heavy atom. The van der Waals surface area contributed by atoms with E-state index in [2.05, 4.69) is 10.6 Å². The van der Waals surface area contributed by atoms with E-state index in [9.17, 15) is 9.59 Å². The summed E-state index contributed by atoms with van der Waals surface area (Å²) >= 11 is 0. The Kier molecular flexibility index (Phi) is 5.16. The number of hydrogen-bond acceptors (Lipinski definition) is 4. The largest absolute Gasteiger partial charge is 0.378 e. The maximum absolute atomic E-state index is 11.8. The number of ether oxygens (including phenoxy) is 1. The summed E-state index contributed by atoms with van der Waals surface area (Å²) in [7, 11) is 3.87. The lowest BCUT2D eigenvalue weighted by molar-refractivity contribution is -0.136. The fourth-order valence-electron chi connectivity index (χ4n) is 2.12. The molecule has 1 aliphatic heterocycles. The number of hydrogen-bond donors (Lipinski definition) is 2. The van der Waals surface area contributed by atoms with Crippen molar-refractivity contribution in [2.75, 3.05) is 37.5 Å². The minimum atomic E-state index is -0.661. The summed E-state index contributed by atoms with van der Waals surface area (Å²) in [4.78, 5) is 25.4. The molecule has 114 valence electrons. The topological polar surface area (TPSA) is 70.7 Å². The van der Waals surface area contributed by atoms with Crippen molar-refractivity contribution < 1.29 is 14.3 Å². The quantitative estimate of drug-likeness (QED) is 0.812. The minimum Gasteiger partial charge on any atom is -0.378 e. The maximum Gasteiger partial charge on any atom is 0.313 e. The highest BCUT2D eigenvalue weighted by molar-refractivity contribution is 6.39. The molecule has 6 nitrogen and oxygen atoms in total. The number of benzene rings is 1. The van der Waals surface area contributed by atoms with Crippen LogP contribution in [-0.2, 0) is 14.3 Å². The van der Waals surface area contributed by atoms with Crippen LogP contribution in [0.1, 0.15) is 12.8 Å². The van der Waals surface area contributed by atoms with E-state index in [1.54, 1.807) is 12.1 Å². The smallest absolute Gasteiger partial charge is 0.313 e. The Morgan fingerprint density at radius 1 is 1.24 bits per heavy atom. The van der Waals surface area contributed by atoms with Crippen molar-refractivity contribution in [2.45, 2.75) is 18.9 Å². The molecule has 1 fully saturated rings. The van der Waals surface area contributed by atoms with Crippen LogP contribution in [0.4, 0.5) is 11.4 Å². The lowest BCUT2D eigenvalue weighted by atomic mass is 10.2. The van der Waals surface area contributed by atoms with Crippen LogP contribution in [0.2, 0.25) is 0 Å². The number of anilines is 2. The number of nitrogens with one attached hydrogen (secondary N) is 2. The summed E-state index contributed by atoms with van der Waals surface area (Å²) in [5.74, 6) is -1.30. The molecule has 2 N–H and O–H groups in total. The Labute approximate surface area is 124 Å². The highest BCUT2D eigenvalue weighted by Gasteiger charge is 2.19. The fourth-order valence-corrected chi connectivity index (χ4v) is 2.12. The van der Waals surface area contributed by atoms with E-state index < -0.39 is 11.8 Å². The van der Waals surface area contributed by atoms with Gasteiger partial charge in [0.2, 0.25) is 0 Å². The van der Waals surface area contributed by atoms with Crippen LogP contribution in [0.5, 0.6) is 0 Å². The molecular formula is C15H21N3O3. The molecule has 1 heterocycles. The average Bonchev–Trinajstić information content (AvgIpc) is 2.98. The standard InChI is InChI=1S/C15H21N3O3/c1-18(2)12-7-5-11(6-8-12)17-15(20)14(19)16-10-13-4-3-9-21-13/h5-8,13H,3-4,9-10H2,1-2H3,(H,16,19)(H,17,20)/t13-/m0/s1. The summed E-state index contributed by atoms with van der Waals surface area (Å²) < 4.78 is 5.39. The first-order valence-corrected chi connectivity index (χ1v) is 7.04. The van der Waals surface area contributed by atoms with Gasteiger partial charge in [0, 0.05) is 38.6 Å². The van der Waals surface area contributed by atoms with Gasteiger partial charge in [-0.05, 0) is 37.1 Å². The van der Waals surface area contributed by atoms with Gasteiger partial charge in [0.25, 0.3) is 0 Å². The molecule has 21 heavy (non-hydrogen) atoms. The van der Waals surface area contributed by atoms with Gasteiger partial charge in [0.1, 0.15) is 0 Å². The van der Waals surface area contributed by atoms with Crippen LogP contribution in [0.15, 0.2) is 24.3 Å². The summed E-state index contributed by atoms with van der Waals surface area (Å²) in [6.07, 6.45) is 1.96. The monoisotopic (exact) mass is 291 g/mol. The molecular weight excluding hydrogens is 270 g/mol. The number of carbonyl (C=O) groups is 2. The molecule has 2 amide bonds. The fraction of sp³-hybridized carbons (Fsp3) is 0.467. The summed E-state index contributed by atoms with van der Waals surface area (Å²) in [6, 6.07) is 7.28. The Bertz CT molecular complexity index is 493. The number of rotatable bonds is 4. The third kappa shape index (κ3) is 4.46. The van der Waals surface area contributed by atoms with Crippen molar-refractivity contribution in [2.24, 2.45) is 0 Å². The van der Waals surface area contributed by atoms with E-state index in [1.165, 1.54) is 0 Å². The highest BCUT2D eigenvalue weighted by atomic mass is 16.5. The molecule has 2 rings (SSSR count). The lowest BCUT2D eigenvalue weighted by Gasteiger charge is -2.13. The maximum atomic E-state index is 11.8. The molecule has 0 aliphatic carbocycles. The van der Waals surface area contributed by atoms with Gasteiger partial charge in [0.15, 0.2) is 0 Å². The van der Waals surface area contributed by atoms with Gasteiger partial charge in [-0.2, -0.15) is 0 Å². The van der Waals surface area contributed by atoms with Gasteiger partial charge in [0.05, 0.1) is 6.10 Å². The van der Waals surface area contributed by atoms with Gasteiger partial charge in [-0.15, -0.1) is 0 Å². The molecule has 0 bridgehead atoms. The predicted molar refractivity (Wildman–Crippen MR) is 81.4 cm³/mol. The molecule has 1 aliphatic rings. The van der Waals surface area contributed by atoms with Gasteiger partial charge < -0.3 is 20.3 Å². The number of nitrogens with zero attached hydrogens (tertiary/aromatic N) is 1. The molecule has 1 aromatic carbocycles. The normalized spacial score (nSPS) is 17.3. The van der Waals surface area contributed by atoms with Crippen molar-refractivity contribution in [3.05, 3.63) is 24.3 Å². The highest BCUT2D eigenvalue weighted by Crippen LogP contribution is 2.15. The molecule has 0 radical (unpaired) electrons. The molecule has 0 unspecified atom stereocenters. The third-order valence-electron chi connectivity index (χ3n) is 3.36. The number of carbonyl (C=O) groups excluding carboxylic acids is 2. The van der Waals surface area contributed by atoms with E-state index >= 15 is 0 Å². The molecule has 0 saturated carbocycles. The van der Waals surface area contributed by atoms with Crippen molar-refractivity contribution in [3.63, 3.8) is 0 Å². The second-order valence-corrected chi connectivity index (χ2v) is 5.24. The summed E-state index contributed by atoms with van der Waals surface area (Å²) in [5, 5.41) is 5.16. The van der Waals surface area contributed by atoms with Crippen LogP contribution in [0.3, 0.4) is 0 Å². The van der Waals surface area contributed by atoms with Gasteiger partial charge in [-0.3, -0.25) is 9.59 Å². The first-order chi connectivity index (χ1) is 10.1. The van der Waals surface area contributed by atoms with E-state index in [0.29, 0.717) is 12.2 Å². The van der Waals surface area contributed by atoms with Gasteiger partial charge >= 0.3 is 11.8 Å². The predicted octanol–water partition coefficient (Wildman–Crippen LogP) is 0.986. The molecule has 1 aromatic rings. The average molecular weight is 291 g/mol. The van der Waals surface area contributed by atoms with Crippen LogP contribution < -0.4 is 15.5 Å². The SMILES string of the molecule is CN(C)c1ccc(NC(=O)C(=O)NC[C@@H]2CCCO2)cc1. The third-order valence-corrected chi connectivity index (χ3v) is 3.36. The Hall–Kier alpha value is -2.08. The van der Waals surface area contributed by atoms with Crippen molar-refractivity contribution in [1.82, 2.24) is 5.32 Å². The summed E-state index contributed by atoms with van der Waals surface area (Å²) in [6.45, 7) is 1.11. The van der Waals surface area contributed by atoms with E-state index in [1.807, 2.05) is 31.1 Å². The second kappa shape index (κ2) is 7.08. The van der Waals surface area contributed by atoms with E-state index in [-0.39, 0.29) is 6.10 Å². The molecule has 1 saturated heterocycles. The van der Waals surface area contributed by atoms with E-state index in [4.69, 9.17) is 4.74 Å². The second-order valence-electron chi connectivity index (χ2n) is 5.24. The minimum absolute atomic E-state index is 0.0288. The van der Waals surface area contributed by atoms with Crippen molar-refractivity contribution in [3.8, 4) is 0 Å². The first-order valence-electron chi connectivity index (χ1n) is 7.04. The van der Waals surface area contributed by atoms with Crippen LogP contribution >= 0.6 is 0 Å². The summed E-state index contributed by atoms with van der Waals surface area (Å²) in [5.41, 5.74) is 1.62. The number of amides is 2. The van der Waals surface area contributed by atoms with Crippen LogP contribution in [0.25, 0.3) is 0 Å². The van der Waals surface area contributed by atoms with E-state index in [0.717, 1.165) is 25.1 Å². The molecule has 0 spiro atoms. The zero-order chi connectivity index (χ0) is 15.2. The van der Waals surface area contributed by atoms with Crippen molar-refractivity contribution >= 4 is 23.2 Å². The van der Waals surface area contributed by atoms with Gasteiger partial charge in [-0.25, -0.2) is 0 Å². The molecule has 0 aromatic heterocycles. The molecule has 1 atom stereocenters. The van der Waals surface area contributed by atoms with Crippen molar-refractivity contribution in [1.29, 1.82) is 0 Å². The molecule has 6 heteroatoms. The Balaban J connectivity index is 1.80. The lowest BCUT2D eigenvalue weighted by Crippen LogP contribution is -2.39. The van der Waals surface area contributed by atoms with Crippen LogP contribution in [0, 0.1) is 0 Å². The Morgan fingerprint density at radius 3 is 2.52 bits per heavy atom. The first kappa shape index (κ1) is 15.3. The van der Waals surface area contributed by atoms with Crippen LogP contribution in [-0.4, -0.2) is 45.2 Å². The zero-order valence-corrected chi connectivity index (χ0v) is 12.4. The zero-order valence-electron chi connectivity index (χ0n) is 12.4. The van der Waals surface area contributed by atoms with Gasteiger partial charge in [-0.1, -0.05) is 0 Å².